The number of hydrogen-bond acceptors (Lipinski definition) is 9. The summed E-state index contributed by atoms with van der Waals surface area (Å²) >= 11 is 0.939. The van der Waals surface area contributed by atoms with Crippen molar-refractivity contribution < 1.29 is 36.2 Å². The zero-order valence-corrected chi connectivity index (χ0v) is 20.1. The zero-order chi connectivity index (χ0) is 24.7. The number of ether oxygens (including phenoxy) is 3. The van der Waals surface area contributed by atoms with Crippen molar-refractivity contribution in [2.24, 2.45) is 0 Å². The minimum Gasteiger partial charge on any atom is -0.463 e. The van der Waals surface area contributed by atoms with Crippen LogP contribution in [0.1, 0.15) is 19.4 Å². The number of benzene rings is 1. The summed E-state index contributed by atoms with van der Waals surface area (Å²) in [6.45, 7) is 4.11. The molecule has 3 rings (SSSR count). The lowest BCUT2D eigenvalue weighted by molar-refractivity contribution is -0.150. The summed E-state index contributed by atoms with van der Waals surface area (Å²) in [5.74, 6) is -2.86. The lowest BCUT2D eigenvalue weighted by Gasteiger charge is -2.26. The third kappa shape index (κ3) is 6.98. The highest BCUT2D eigenvalue weighted by Crippen LogP contribution is 2.27. The summed E-state index contributed by atoms with van der Waals surface area (Å²) in [5, 5.41) is 0.0249. The molecule has 186 valence electrons. The second kappa shape index (κ2) is 11.7. The Hall–Kier alpha value is -2.55. The van der Waals surface area contributed by atoms with Crippen molar-refractivity contribution in [3.63, 3.8) is 0 Å². The molecule has 1 unspecified atom stereocenters. The van der Waals surface area contributed by atoms with Crippen molar-refractivity contribution in [3.8, 4) is 5.88 Å². The number of thioether (sulfide) groups is 1. The number of aromatic nitrogens is 2. The Morgan fingerprint density at radius 2 is 2.03 bits per heavy atom. The van der Waals surface area contributed by atoms with Gasteiger partial charge in [0.05, 0.1) is 19.8 Å². The minimum atomic E-state index is -3.96. The van der Waals surface area contributed by atoms with Crippen LogP contribution in [0.4, 0.5) is 14.6 Å². The first-order chi connectivity index (χ1) is 16.2. The molecule has 0 radical (unpaired) electrons. The molecular formula is C20H24F2N4O6S2. The summed E-state index contributed by atoms with van der Waals surface area (Å²) in [6.07, 6.45) is -1.03. The first-order valence-corrected chi connectivity index (χ1v) is 12.8. The summed E-state index contributed by atoms with van der Waals surface area (Å²) < 4.78 is 72.2. The third-order valence-electron chi connectivity index (χ3n) is 4.53. The van der Waals surface area contributed by atoms with E-state index in [0.717, 1.165) is 17.8 Å². The maximum Gasteiger partial charge on any atom is 0.347 e. The van der Waals surface area contributed by atoms with Gasteiger partial charge in [-0.2, -0.15) is 17.7 Å². The molecule has 1 atom stereocenters. The van der Waals surface area contributed by atoms with E-state index in [1.807, 2.05) is 0 Å². The fraction of sp³-hybridized carbons (Fsp3) is 0.450. The van der Waals surface area contributed by atoms with Crippen LogP contribution in [-0.2, 0) is 30.2 Å². The van der Waals surface area contributed by atoms with Crippen LogP contribution in [0, 0.1) is 11.6 Å². The van der Waals surface area contributed by atoms with Gasteiger partial charge in [0, 0.05) is 30.5 Å². The lowest BCUT2D eigenvalue weighted by atomic mass is 10.2. The van der Waals surface area contributed by atoms with Crippen molar-refractivity contribution in [1.82, 2.24) is 14.3 Å². The maximum absolute atomic E-state index is 14.0. The molecule has 1 aliphatic heterocycles. The Balaban J connectivity index is 1.84. The quantitative estimate of drug-likeness (QED) is 0.287. The van der Waals surface area contributed by atoms with Crippen molar-refractivity contribution >= 4 is 33.8 Å². The summed E-state index contributed by atoms with van der Waals surface area (Å²) in [7, 11) is -3.96. The van der Waals surface area contributed by atoms with Crippen molar-refractivity contribution in [2.45, 2.75) is 30.9 Å². The van der Waals surface area contributed by atoms with Gasteiger partial charge in [0.25, 0.3) is 0 Å². The van der Waals surface area contributed by atoms with Crippen LogP contribution in [0.15, 0.2) is 29.4 Å². The van der Waals surface area contributed by atoms with E-state index in [2.05, 4.69) is 14.7 Å². The predicted molar refractivity (Wildman–Crippen MR) is 120 cm³/mol. The first kappa shape index (κ1) is 26.1. The van der Waals surface area contributed by atoms with Crippen molar-refractivity contribution in [3.05, 3.63) is 41.5 Å². The molecule has 2 aromatic rings. The molecule has 1 aromatic carbocycles. The zero-order valence-electron chi connectivity index (χ0n) is 18.5. The number of anilines is 1. The summed E-state index contributed by atoms with van der Waals surface area (Å²) in [5.41, 5.74) is 0.0789. The number of rotatable bonds is 10. The van der Waals surface area contributed by atoms with E-state index in [1.54, 1.807) is 6.92 Å². The Labute approximate surface area is 200 Å². The number of nitrogens with one attached hydrogen (secondary N) is 1. The second-order valence-electron chi connectivity index (χ2n) is 7.01. The average molecular weight is 519 g/mol. The second-order valence-corrected chi connectivity index (χ2v) is 9.62. The molecule has 0 aliphatic carbocycles. The van der Waals surface area contributed by atoms with Crippen molar-refractivity contribution in [1.29, 1.82) is 0 Å². The van der Waals surface area contributed by atoms with Crippen LogP contribution in [0.5, 0.6) is 5.88 Å². The number of carbonyl (C=O) groups is 1. The van der Waals surface area contributed by atoms with E-state index in [1.165, 1.54) is 29.4 Å². The van der Waals surface area contributed by atoms with Gasteiger partial charge in [-0.3, -0.25) is 4.72 Å². The van der Waals surface area contributed by atoms with Gasteiger partial charge in [-0.25, -0.2) is 18.6 Å². The number of nitrogens with zero attached hydrogens (tertiary/aromatic N) is 3. The van der Waals surface area contributed by atoms with Crippen LogP contribution in [0.25, 0.3) is 0 Å². The van der Waals surface area contributed by atoms with Crippen LogP contribution in [0.2, 0.25) is 0 Å². The van der Waals surface area contributed by atoms with Gasteiger partial charge in [0.1, 0.15) is 5.82 Å². The molecular weight excluding hydrogens is 494 g/mol. The molecule has 1 saturated heterocycles. The molecule has 0 saturated carbocycles. The Morgan fingerprint density at radius 1 is 1.29 bits per heavy atom. The summed E-state index contributed by atoms with van der Waals surface area (Å²) in [4.78, 5) is 20.3. The van der Waals surface area contributed by atoms with Crippen molar-refractivity contribution in [2.75, 3.05) is 37.6 Å². The monoisotopic (exact) mass is 518 g/mol. The van der Waals surface area contributed by atoms with Gasteiger partial charge in [0.2, 0.25) is 5.88 Å². The smallest absolute Gasteiger partial charge is 0.347 e. The number of esters is 1. The highest BCUT2D eigenvalue weighted by Gasteiger charge is 2.26. The van der Waals surface area contributed by atoms with Gasteiger partial charge in [-0.05, 0) is 19.9 Å². The topological polar surface area (TPSA) is 120 Å². The van der Waals surface area contributed by atoms with E-state index in [0.29, 0.717) is 0 Å². The van der Waals surface area contributed by atoms with E-state index in [-0.39, 0.29) is 61.1 Å². The Bertz CT molecular complexity index is 1120. The standard InChI is InChI=1S/C20H24F2N4O6S2/c1-3-31-19(27)13(2)32-17-11-16(25-34(28,29)26-7-9-30-10-8-26)23-20(24-17)33-12-14-5-4-6-15(21)18(14)22/h4-6,11,13H,3,7-10,12H2,1-2H3,(H,23,24,25). The summed E-state index contributed by atoms with van der Waals surface area (Å²) in [6, 6.07) is 5.01. The molecule has 0 bridgehead atoms. The van der Waals surface area contributed by atoms with E-state index in [4.69, 9.17) is 14.2 Å². The molecule has 0 amide bonds. The molecule has 1 fully saturated rings. The number of morpholine rings is 1. The largest absolute Gasteiger partial charge is 0.463 e. The average Bonchev–Trinajstić information content (AvgIpc) is 2.80. The van der Waals surface area contributed by atoms with Gasteiger partial charge in [-0.15, -0.1) is 0 Å². The fourth-order valence-electron chi connectivity index (χ4n) is 2.86. The van der Waals surface area contributed by atoms with Gasteiger partial charge < -0.3 is 14.2 Å². The number of halogens is 2. The third-order valence-corrected chi connectivity index (χ3v) is 6.94. The molecule has 1 aromatic heterocycles. The Kier molecular flexibility index (Phi) is 8.99. The highest BCUT2D eigenvalue weighted by atomic mass is 32.2. The lowest BCUT2D eigenvalue weighted by Crippen LogP contribution is -2.43. The number of hydrogen-bond donors (Lipinski definition) is 1. The van der Waals surface area contributed by atoms with Gasteiger partial charge in [0.15, 0.2) is 22.9 Å². The van der Waals surface area contributed by atoms with E-state index in [9.17, 15) is 22.0 Å². The van der Waals surface area contributed by atoms with Crippen LogP contribution >= 0.6 is 11.8 Å². The van der Waals surface area contributed by atoms with Crippen LogP contribution in [-0.4, -0.2) is 67.7 Å². The molecule has 1 N–H and O–H groups in total. The van der Waals surface area contributed by atoms with E-state index >= 15 is 0 Å². The minimum absolute atomic E-state index is 0.0249. The molecule has 14 heteroatoms. The van der Waals surface area contributed by atoms with Crippen LogP contribution in [0.3, 0.4) is 0 Å². The fourth-order valence-corrected chi connectivity index (χ4v) is 4.81. The highest BCUT2D eigenvalue weighted by molar-refractivity contribution is 7.98. The molecule has 2 heterocycles. The molecule has 1 aliphatic rings. The molecule has 0 spiro atoms. The SMILES string of the molecule is CCOC(=O)C(C)Oc1cc(NS(=O)(=O)N2CCOCC2)nc(SCc2cccc(F)c2F)n1. The molecule has 34 heavy (non-hydrogen) atoms. The van der Waals surface area contributed by atoms with Gasteiger partial charge in [-0.1, -0.05) is 23.9 Å². The van der Waals surface area contributed by atoms with Gasteiger partial charge >= 0.3 is 16.2 Å². The first-order valence-electron chi connectivity index (χ1n) is 10.3. The number of carbonyl (C=O) groups excluding carboxylic acids is 1. The molecule has 10 nitrogen and oxygen atoms in total. The van der Waals surface area contributed by atoms with Crippen LogP contribution < -0.4 is 9.46 Å². The van der Waals surface area contributed by atoms with E-state index < -0.39 is 33.9 Å². The predicted octanol–water partition coefficient (Wildman–Crippen LogP) is 2.37. The maximum atomic E-state index is 14.0. The Morgan fingerprint density at radius 3 is 2.74 bits per heavy atom. The normalized spacial score (nSPS) is 15.5.